The molecule has 110 valence electrons. The zero-order chi connectivity index (χ0) is 14.7. The third-order valence-electron chi connectivity index (χ3n) is 4.34. The van der Waals surface area contributed by atoms with Gasteiger partial charge in [0.15, 0.2) is 5.60 Å². The molecule has 2 aliphatic rings. The van der Waals surface area contributed by atoms with Crippen LogP contribution in [0.1, 0.15) is 31.2 Å². The van der Waals surface area contributed by atoms with Gasteiger partial charge in [0.1, 0.15) is 0 Å². The molecule has 4 nitrogen and oxygen atoms in total. The number of fused-ring (bicyclic) bond motifs is 1. The first kappa shape index (κ1) is 14.0. The van der Waals surface area contributed by atoms with E-state index in [-0.39, 0.29) is 5.92 Å². The fourth-order valence-electron chi connectivity index (χ4n) is 3.27. The monoisotopic (exact) mass is 286 g/mol. The van der Waals surface area contributed by atoms with Crippen molar-refractivity contribution in [2.24, 2.45) is 5.92 Å². The van der Waals surface area contributed by atoms with Crippen LogP contribution in [-0.2, 0) is 19.1 Å². The molecule has 0 aromatic heterocycles. The Balaban J connectivity index is 1.62. The number of hydrogen-bond acceptors (Lipinski definition) is 4. The van der Waals surface area contributed by atoms with Gasteiger partial charge in [0.25, 0.3) is 0 Å². The van der Waals surface area contributed by atoms with Crippen LogP contribution in [0.2, 0.25) is 0 Å². The van der Waals surface area contributed by atoms with Gasteiger partial charge in [-0.25, -0.2) is 9.59 Å². The van der Waals surface area contributed by atoms with Gasteiger partial charge >= 0.3 is 11.9 Å². The average Bonchev–Trinajstić information content (AvgIpc) is 3.06. The van der Waals surface area contributed by atoms with Gasteiger partial charge in [-0.2, -0.15) is 0 Å². The lowest BCUT2D eigenvalue weighted by Crippen LogP contribution is -2.42. The van der Waals surface area contributed by atoms with E-state index < -0.39 is 17.5 Å². The van der Waals surface area contributed by atoms with Crippen molar-refractivity contribution in [2.45, 2.75) is 31.3 Å². The number of esters is 2. The molecule has 2 unspecified atom stereocenters. The summed E-state index contributed by atoms with van der Waals surface area (Å²) in [6.45, 7) is 0.577. The second kappa shape index (κ2) is 5.82. The molecule has 1 aromatic rings. The molecular weight excluding hydrogens is 268 g/mol. The lowest BCUT2D eigenvalue weighted by atomic mass is 9.91. The lowest BCUT2D eigenvalue weighted by molar-refractivity contribution is -0.174. The van der Waals surface area contributed by atoms with Crippen molar-refractivity contribution >= 4 is 18.0 Å². The van der Waals surface area contributed by atoms with E-state index in [1.54, 1.807) is 6.08 Å². The molecule has 0 bridgehead atoms. The standard InChI is InChI=1S/C17H18O4/c18-15(9-8-13-5-2-1-3-6-13)21-16(19)17-11-4-7-14(17)10-12-20-17/h1-3,5-6,8-9,14H,4,7,10-12H2. The van der Waals surface area contributed by atoms with E-state index in [0.29, 0.717) is 13.0 Å². The maximum atomic E-state index is 12.3. The van der Waals surface area contributed by atoms with Gasteiger partial charge < -0.3 is 9.47 Å². The number of hydrogen-bond donors (Lipinski definition) is 0. The molecule has 2 atom stereocenters. The van der Waals surface area contributed by atoms with Crippen molar-refractivity contribution in [3.8, 4) is 0 Å². The van der Waals surface area contributed by atoms with Gasteiger partial charge in [0.05, 0.1) is 0 Å². The van der Waals surface area contributed by atoms with Gasteiger partial charge in [-0.05, 0) is 37.3 Å². The smallest absolute Gasteiger partial charge is 0.346 e. The largest absolute Gasteiger partial charge is 0.388 e. The summed E-state index contributed by atoms with van der Waals surface area (Å²) in [7, 11) is 0. The summed E-state index contributed by atoms with van der Waals surface area (Å²) in [5, 5.41) is 0. The molecular formula is C17H18O4. The summed E-state index contributed by atoms with van der Waals surface area (Å²) in [5.74, 6) is -0.958. The summed E-state index contributed by atoms with van der Waals surface area (Å²) in [6.07, 6.45) is 6.38. The fraction of sp³-hybridized carbons (Fsp3) is 0.412. The van der Waals surface area contributed by atoms with Gasteiger partial charge in [-0.15, -0.1) is 0 Å². The first-order valence-electron chi connectivity index (χ1n) is 7.34. The van der Waals surface area contributed by atoms with Crippen LogP contribution in [0.5, 0.6) is 0 Å². The Kier molecular flexibility index (Phi) is 3.88. The van der Waals surface area contributed by atoms with E-state index in [1.807, 2.05) is 30.3 Å². The Labute approximate surface area is 123 Å². The highest BCUT2D eigenvalue weighted by Crippen LogP contribution is 2.46. The van der Waals surface area contributed by atoms with Gasteiger partial charge in [-0.1, -0.05) is 30.3 Å². The lowest BCUT2D eigenvalue weighted by Gasteiger charge is -2.24. The minimum atomic E-state index is -0.865. The molecule has 1 saturated heterocycles. The summed E-state index contributed by atoms with van der Waals surface area (Å²) in [4.78, 5) is 24.1. The van der Waals surface area contributed by atoms with Crippen LogP contribution in [0.25, 0.3) is 6.08 Å². The van der Waals surface area contributed by atoms with Crippen molar-refractivity contribution in [1.82, 2.24) is 0 Å². The Hall–Kier alpha value is -1.94. The summed E-state index contributed by atoms with van der Waals surface area (Å²) >= 11 is 0. The molecule has 0 amide bonds. The summed E-state index contributed by atoms with van der Waals surface area (Å²) < 4.78 is 10.6. The van der Waals surface area contributed by atoms with Crippen molar-refractivity contribution in [1.29, 1.82) is 0 Å². The third-order valence-corrected chi connectivity index (χ3v) is 4.34. The van der Waals surface area contributed by atoms with Crippen molar-refractivity contribution in [2.75, 3.05) is 6.61 Å². The number of rotatable bonds is 3. The molecule has 4 heteroatoms. The van der Waals surface area contributed by atoms with E-state index in [1.165, 1.54) is 6.08 Å². The van der Waals surface area contributed by atoms with Crippen molar-refractivity contribution in [3.05, 3.63) is 42.0 Å². The minimum absolute atomic E-state index is 0.205. The van der Waals surface area contributed by atoms with Crippen LogP contribution in [0.4, 0.5) is 0 Å². The predicted octanol–water partition coefficient (Wildman–Crippen LogP) is 2.73. The van der Waals surface area contributed by atoms with E-state index in [0.717, 1.165) is 24.8 Å². The maximum absolute atomic E-state index is 12.3. The summed E-state index contributed by atoms with van der Waals surface area (Å²) in [5.41, 5.74) is 0.0203. The topological polar surface area (TPSA) is 52.6 Å². The van der Waals surface area contributed by atoms with Crippen LogP contribution >= 0.6 is 0 Å². The molecule has 0 spiro atoms. The Morgan fingerprint density at radius 1 is 1.24 bits per heavy atom. The van der Waals surface area contributed by atoms with Crippen molar-refractivity contribution < 1.29 is 19.1 Å². The van der Waals surface area contributed by atoms with Crippen molar-refractivity contribution in [3.63, 3.8) is 0 Å². The van der Waals surface area contributed by atoms with Gasteiger partial charge in [0, 0.05) is 18.6 Å². The van der Waals surface area contributed by atoms with E-state index in [9.17, 15) is 9.59 Å². The molecule has 1 saturated carbocycles. The van der Waals surface area contributed by atoms with E-state index >= 15 is 0 Å². The zero-order valence-corrected chi connectivity index (χ0v) is 11.8. The van der Waals surface area contributed by atoms with Crippen LogP contribution in [0, 0.1) is 5.92 Å². The van der Waals surface area contributed by atoms with E-state index in [2.05, 4.69) is 0 Å². The second-order valence-electron chi connectivity index (χ2n) is 5.57. The van der Waals surface area contributed by atoms with Crippen LogP contribution < -0.4 is 0 Å². The normalized spacial score (nSPS) is 27.7. The first-order chi connectivity index (χ1) is 10.2. The van der Waals surface area contributed by atoms with Crippen LogP contribution in [-0.4, -0.2) is 24.1 Å². The molecule has 1 aromatic carbocycles. The first-order valence-corrected chi connectivity index (χ1v) is 7.34. The molecule has 0 N–H and O–H groups in total. The highest BCUT2D eigenvalue weighted by atomic mass is 16.6. The molecule has 1 heterocycles. The number of ether oxygens (including phenoxy) is 2. The van der Waals surface area contributed by atoms with Crippen LogP contribution in [0.15, 0.2) is 36.4 Å². The van der Waals surface area contributed by atoms with Crippen LogP contribution in [0.3, 0.4) is 0 Å². The quantitative estimate of drug-likeness (QED) is 0.487. The fourth-order valence-corrected chi connectivity index (χ4v) is 3.27. The molecule has 0 radical (unpaired) electrons. The SMILES string of the molecule is O=C(C=Cc1ccccc1)OC(=O)C12CCCC1CCO2. The average molecular weight is 286 g/mol. The molecule has 2 fully saturated rings. The molecule has 1 aliphatic carbocycles. The summed E-state index contributed by atoms with van der Waals surface area (Å²) in [6, 6.07) is 9.40. The Bertz CT molecular complexity index is 551. The molecule has 3 rings (SSSR count). The highest BCUT2D eigenvalue weighted by Gasteiger charge is 2.55. The molecule has 1 aliphatic heterocycles. The number of benzene rings is 1. The minimum Gasteiger partial charge on any atom is -0.388 e. The third kappa shape index (κ3) is 2.76. The second-order valence-corrected chi connectivity index (χ2v) is 5.57. The Morgan fingerprint density at radius 2 is 2.05 bits per heavy atom. The van der Waals surface area contributed by atoms with Gasteiger partial charge in [0.2, 0.25) is 0 Å². The Morgan fingerprint density at radius 3 is 2.86 bits per heavy atom. The number of carbonyl (C=O) groups is 2. The highest BCUT2D eigenvalue weighted by molar-refractivity contribution is 5.97. The zero-order valence-electron chi connectivity index (χ0n) is 11.8. The number of carbonyl (C=O) groups excluding carboxylic acids is 2. The van der Waals surface area contributed by atoms with E-state index in [4.69, 9.17) is 9.47 Å². The maximum Gasteiger partial charge on any atom is 0.346 e. The predicted molar refractivity (Wildman–Crippen MR) is 77.2 cm³/mol. The van der Waals surface area contributed by atoms with Gasteiger partial charge in [-0.3, -0.25) is 0 Å². The molecule has 21 heavy (non-hydrogen) atoms.